The smallest absolute Gasteiger partial charge is 0.303 e. The predicted molar refractivity (Wildman–Crippen MR) is 111 cm³/mol. The van der Waals surface area contributed by atoms with Crippen LogP contribution in [0.5, 0.6) is 0 Å². The number of nitrogens with zero attached hydrogens (tertiary/aromatic N) is 1. The molecular weight excluding hydrogens is 382 g/mol. The summed E-state index contributed by atoms with van der Waals surface area (Å²) < 4.78 is 12.1. The van der Waals surface area contributed by atoms with Crippen molar-refractivity contribution < 1.29 is 24.2 Å². The third kappa shape index (κ3) is 2.43. The van der Waals surface area contributed by atoms with Gasteiger partial charge < -0.3 is 14.6 Å². The number of carbonyl (C=O) groups is 2. The van der Waals surface area contributed by atoms with E-state index in [9.17, 15) is 14.7 Å². The van der Waals surface area contributed by atoms with E-state index in [0.717, 1.165) is 44.9 Å². The number of carbonyl (C=O) groups excluding carboxylic acids is 2. The van der Waals surface area contributed by atoms with Crippen LogP contribution < -0.4 is 0 Å². The van der Waals surface area contributed by atoms with Crippen LogP contribution in [0.4, 0.5) is 0 Å². The number of allylic oxidation sites excluding steroid dienone is 1. The van der Waals surface area contributed by atoms with Crippen molar-refractivity contribution in [3.8, 4) is 0 Å². The summed E-state index contributed by atoms with van der Waals surface area (Å²) in [7, 11) is 0. The third-order valence-corrected chi connectivity index (χ3v) is 9.40. The SMILES string of the molecule is C=C1CC23CCC1CC2C12C=NC(O)C(C)(CCC1)C2C(OC(C)=O)C3OC(C)=O. The molecule has 6 aliphatic rings. The molecular formula is C24H33NO5. The van der Waals surface area contributed by atoms with Gasteiger partial charge in [-0.05, 0) is 50.4 Å². The zero-order valence-corrected chi connectivity index (χ0v) is 18.2. The quantitative estimate of drug-likeness (QED) is 0.552. The molecule has 6 rings (SSSR count). The fourth-order valence-electron chi connectivity index (χ4n) is 8.46. The molecule has 1 heterocycles. The van der Waals surface area contributed by atoms with Crippen LogP contribution in [-0.2, 0) is 19.1 Å². The summed E-state index contributed by atoms with van der Waals surface area (Å²) in [5, 5.41) is 10.9. The summed E-state index contributed by atoms with van der Waals surface area (Å²) in [5.41, 5.74) is 0.182. The van der Waals surface area contributed by atoms with Crippen molar-refractivity contribution in [2.75, 3.05) is 0 Å². The Kier molecular flexibility index (Phi) is 4.32. The molecule has 1 spiro atoms. The van der Waals surface area contributed by atoms with E-state index >= 15 is 0 Å². The monoisotopic (exact) mass is 415 g/mol. The molecule has 30 heavy (non-hydrogen) atoms. The van der Waals surface area contributed by atoms with E-state index in [-0.39, 0.29) is 34.6 Å². The van der Waals surface area contributed by atoms with Gasteiger partial charge in [-0.1, -0.05) is 25.5 Å². The standard InChI is InChI=1S/C24H33NO5/c1-13-11-23-9-6-16(13)10-17(23)24-8-5-7-22(4,21(28)25-12-24)19(24)18(29-14(2)26)20(23)30-15(3)27/h12,16-21,28H,1,5-11H2,2-4H3. The maximum atomic E-state index is 12.3. The minimum absolute atomic E-state index is 0.122. The lowest BCUT2D eigenvalue weighted by atomic mass is 9.34. The van der Waals surface area contributed by atoms with Crippen molar-refractivity contribution in [2.24, 2.45) is 39.0 Å². The lowest BCUT2D eigenvalue weighted by molar-refractivity contribution is -0.276. The van der Waals surface area contributed by atoms with Gasteiger partial charge in [-0.25, -0.2) is 0 Å². The summed E-state index contributed by atoms with van der Waals surface area (Å²) >= 11 is 0. The summed E-state index contributed by atoms with van der Waals surface area (Å²) in [6.45, 7) is 9.30. The molecule has 0 aromatic carbocycles. The van der Waals surface area contributed by atoms with Gasteiger partial charge in [-0.2, -0.15) is 0 Å². The molecule has 1 aliphatic heterocycles. The summed E-state index contributed by atoms with van der Waals surface area (Å²) in [6, 6.07) is 0. The van der Waals surface area contributed by atoms with Crippen LogP contribution >= 0.6 is 0 Å². The second-order valence-corrected chi connectivity index (χ2v) is 10.8. The van der Waals surface area contributed by atoms with Gasteiger partial charge in [0.05, 0.1) is 0 Å². The van der Waals surface area contributed by atoms with Crippen molar-refractivity contribution >= 4 is 18.2 Å². The van der Waals surface area contributed by atoms with Crippen molar-refractivity contribution in [1.82, 2.24) is 0 Å². The highest BCUT2D eigenvalue weighted by atomic mass is 16.6. The summed E-state index contributed by atoms with van der Waals surface area (Å²) in [6.07, 6.45) is 6.68. The van der Waals surface area contributed by atoms with Gasteiger partial charge in [0.15, 0.2) is 0 Å². The zero-order chi connectivity index (χ0) is 21.5. The molecule has 5 fully saturated rings. The first-order valence-electron chi connectivity index (χ1n) is 11.4. The molecule has 0 aromatic heterocycles. The molecule has 0 radical (unpaired) electrons. The van der Waals surface area contributed by atoms with E-state index in [1.165, 1.54) is 19.4 Å². The Balaban J connectivity index is 1.74. The van der Waals surface area contributed by atoms with E-state index < -0.39 is 23.9 Å². The number of esters is 2. The fourth-order valence-corrected chi connectivity index (χ4v) is 8.46. The van der Waals surface area contributed by atoms with E-state index in [4.69, 9.17) is 9.47 Å². The largest absolute Gasteiger partial charge is 0.458 e. The Morgan fingerprint density at radius 1 is 1.20 bits per heavy atom. The van der Waals surface area contributed by atoms with Gasteiger partial charge in [-0.3, -0.25) is 14.6 Å². The third-order valence-electron chi connectivity index (χ3n) is 9.40. The molecule has 164 valence electrons. The van der Waals surface area contributed by atoms with Crippen LogP contribution in [0.3, 0.4) is 0 Å². The number of hydrogen-bond acceptors (Lipinski definition) is 6. The minimum atomic E-state index is -0.836. The van der Waals surface area contributed by atoms with Gasteiger partial charge in [0.1, 0.15) is 18.4 Å². The number of hydrogen-bond donors (Lipinski definition) is 1. The highest BCUT2D eigenvalue weighted by molar-refractivity contribution is 5.72. The second-order valence-electron chi connectivity index (χ2n) is 10.8. The van der Waals surface area contributed by atoms with Gasteiger partial charge in [0.2, 0.25) is 0 Å². The van der Waals surface area contributed by atoms with E-state index in [1.54, 1.807) is 0 Å². The molecule has 0 saturated heterocycles. The van der Waals surface area contributed by atoms with Crippen molar-refractivity contribution in [3.63, 3.8) is 0 Å². The second kappa shape index (κ2) is 6.41. The topological polar surface area (TPSA) is 85.2 Å². The molecule has 6 heteroatoms. The van der Waals surface area contributed by atoms with E-state index in [2.05, 4.69) is 18.5 Å². The van der Waals surface area contributed by atoms with Crippen LogP contribution in [0.1, 0.15) is 65.7 Å². The molecule has 5 saturated carbocycles. The molecule has 9 unspecified atom stereocenters. The van der Waals surface area contributed by atoms with Gasteiger partial charge in [0.25, 0.3) is 0 Å². The van der Waals surface area contributed by atoms with E-state index in [1.807, 2.05) is 6.21 Å². The van der Waals surface area contributed by atoms with Crippen LogP contribution in [0, 0.1) is 34.0 Å². The summed E-state index contributed by atoms with van der Waals surface area (Å²) in [4.78, 5) is 29.1. The molecule has 6 nitrogen and oxygen atoms in total. The number of aliphatic hydroxyl groups excluding tert-OH is 1. The fraction of sp³-hybridized carbons (Fsp3) is 0.792. The molecule has 1 N–H and O–H groups in total. The summed E-state index contributed by atoms with van der Waals surface area (Å²) in [5.74, 6) is -0.0679. The van der Waals surface area contributed by atoms with Crippen molar-refractivity contribution in [2.45, 2.75) is 84.2 Å². The Labute approximate surface area is 178 Å². The Bertz CT molecular complexity index is 837. The predicted octanol–water partition coefficient (Wildman–Crippen LogP) is 3.42. The van der Waals surface area contributed by atoms with Gasteiger partial charge in [-0.15, -0.1) is 0 Å². The van der Waals surface area contributed by atoms with Crippen LogP contribution in [0.2, 0.25) is 0 Å². The maximum Gasteiger partial charge on any atom is 0.303 e. The highest BCUT2D eigenvalue weighted by Gasteiger charge is 2.75. The van der Waals surface area contributed by atoms with Gasteiger partial charge >= 0.3 is 11.9 Å². The number of aliphatic hydroxyl groups is 1. The van der Waals surface area contributed by atoms with Gasteiger partial charge in [0, 0.05) is 42.2 Å². The molecule has 5 aliphatic carbocycles. The number of ether oxygens (including phenoxy) is 2. The number of fused-ring (bicyclic) bond motifs is 2. The average molecular weight is 416 g/mol. The van der Waals surface area contributed by atoms with E-state index in [0.29, 0.717) is 5.92 Å². The van der Waals surface area contributed by atoms with Crippen LogP contribution in [0.15, 0.2) is 17.1 Å². The first kappa shape index (κ1) is 20.2. The molecule has 9 atom stereocenters. The van der Waals surface area contributed by atoms with Crippen LogP contribution in [0.25, 0.3) is 0 Å². The van der Waals surface area contributed by atoms with Crippen molar-refractivity contribution in [1.29, 1.82) is 0 Å². The molecule has 4 bridgehead atoms. The molecule has 0 amide bonds. The minimum Gasteiger partial charge on any atom is -0.458 e. The first-order valence-corrected chi connectivity index (χ1v) is 11.4. The molecule has 0 aromatic rings. The van der Waals surface area contributed by atoms with Crippen molar-refractivity contribution in [3.05, 3.63) is 12.2 Å². The lowest BCUT2D eigenvalue weighted by Gasteiger charge is -2.72. The maximum absolute atomic E-state index is 12.3. The highest BCUT2D eigenvalue weighted by Crippen LogP contribution is 2.73. The van der Waals surface area contributed by atoms with Crippen LogP contribution in [-0.4, -0.2) is 41.7 Å². The number of aliphatic imine (C=N–C) groups is 1. The average Bonchev–Trinajstić information content (AvgIpc) is 2.67. The lowest BCUT2D eigenvalue weighted by Crippen LogP contribution is -2.74. The number of rotatable bonds is 2. The Morgan fingerprint density at radius 3 is 2.60 bits per heavy atom. The normalized spacial score (nSPS) is 51.0. The zero-order valence-electron chi connectivity index (χ0n) is 18.2. The Morgan fingerprint density at radius 2 is 1.93 bits per heavy atom. The first-order chi connectivity index (χ1) is 14.1. The Hall–Kier alpha value is -1.69.